The van der Waals surface area contributed by atoms with Crippen LogP contribution in [0, 0.1) is 11.3 Å². The molecule has 6 heterocycles. The van der Waals surface area contributed by atoms with Crippen LogP contribution in [0.4, 0.5) is 10.8 Å². The minimum atomic E-state index is 0.491. The average molecular weight is 470 g/mol. The SMILES string of the molecule is N#Cc1cnn2c(-c3cc(NC4CC4)c(-c4nnc(N5CC6CCC(C5)N6)s4)cn3)ccc2c1. The number of pyridine rings is 1. The number of nitriles is 1. The summed E-state index contributed by atoms with van der Waals surface area (Å²) in [7, 11) is 0. The second-order valence-electron chi connectivity index (χ2n) is 9.38. The third kappa shape index (κ3) is 3.48. The molecule has 0 spiro atoms. The molecule has 2 bridgehead atoms. The lowest BCUT2D eigenvalue weighted by molar-refractivity contribution is 0.465. The largest absolute Gasteiger partial charge is 0.382 e. The van der Waals surface area contributed by atoms with E-state index in [0.29, 0.717) is 23.7 Å². The van der Waals surface area contributed by atoms with Gasteiger partial charge in [0.1, 0.15) is 6.07 Å². The van der Waals surface area contributed by atoms with Crippen molar-refractivity contribution >= 4 is 27.7 Å². The van der Waals surface area contributed by atoms with E-state index in [2.05, 4.69) is 43.0 Å². The second-order valence-corrected chi connectivity index (χ2v) is 10.3. The van der Waals surface area contributed by atoms with Crippen molar-refractivity contribution in [1.82, 2.24) is 30.1 Å². The Labute approximate surface area is 200 Å². The van der Waals surface area contributed by atoms with Crippen LogP contribution in [0.15, 0.2) is 36.7 Å². The molecule has 0 aromatic carbocycles. The number of hydrogen-bond donors (Lipinski definition) is 2. The molecule has 2 unspecified atom stereocenters. The molecule has 9 nitrogen and oxygen atoms in total. The topological polar surface area (TPSA) is 107 Å². The van der Waals surface area contributed by atoms with Crippen molar-refractivity contribution in [3.63, 3.8) is 0 Å². The smallest absolute Gasteiger partial charge is 0.208 e. The summed E-state index contributed by atoms with van der Waals surface area (Å²) < 4.78 is 1.82. The number of fused-ring (bicyclic) bond motifs is 3. The average Bonchev–Trinajstić information content (AvgIpc) is 3.25. The van der Waals surface area contributed by atoms with Gasteiger partial charge >= 0.3 is 0 Å². The van der Waals surface area contributed by atoms with Crippen molar-refractivity contribution in [2.45, 2.75) is 43.8 Å². The fraction of sp³-hybridized carbons (Fsp3) is 0.375. The highest BCUT2D eigenvalue weighted by Gasteiger charge is 2.33. The summed E-state index contributed by atoms with van der Waals surface area (Å²) in [6.45, 7) is 1.99. The van der Waals surface area contributed by atoms with Crippen molar-refractivity contribution in [1.29, 1.82) is 5.26 Å². The van der Waals surface area contributed by atoms with Gasteiger partial charge in [-0.3, -0.25) is 4.98 Å². The number of piperazine rings is 1. The maximum absolute atomic E-state index is 9.16. The van der Waals surface area contributed by atoms with Gasteiger partial charge in [0.05, 0.1) is 34.2 Å². The summed E-state index contributed by atoms with van der Waals surface area (Å²) in [4.78, 5) is 7.16. The van der Waals surface area contributed by atoms with Crippen LogP contribution < -0.4 is 15.5 Å². The van der Waals surface area contributed by atoms with Crippen LogP contribution in [0.5, 0.6) is 0 Å². The summed E-state index contributed by atoms with van der Waals surface area (Å²) in [5, 5.41) is 31.9. The van der Waals surface area contributed by atoms with Crippen LogP contribution in [0.1, 0.15) is 31.2 Å². The van der Waals surface area contributed by atoms with Crippen molar-refractivity contribution in [3.05, 3.63) is 42.2 Å². The lowest BCUT2D eigenvalue weighted by Crippen LogP contribution is -2.51. The maximum atomic E-state index is 9.16. The third-order valence-electron chi connectivity index (χ3n) is 6.86. The summed E-state index contributed by atoms with van der Waals surface area (Å²) >= 11 is 1.64. The standard InChI is InChI=1S/C24H23N9S/c25-9-14-7-18-5-6-22(33(18)27-10-14)21-8-20(29-15-1-2-15)19(11-26-21)23-30-31-24(34-23)32-12-16-3-4-17(13-32)28-16/h5-8,10-11,15-17,28H,1-4,12-13H2,(H,26,29). The number of nitrogens with zero attached hydrogens (tertiary/aromatic N) is 7. The van der Waals surface area contributed by atoms with Gasteiger partial charge < -0.3 is 15.5 Å². The van der Waals surface area contributed by atoms with Crippen LogP contribution in [-0.4, -0.2) is 56.0 Å². The van der Waals surface area contributed by atoms with Crippen LogP contribution in [-0.2, 0) is 0 Å². The zero-order chi connectivity index (χ0) is 22.6. The fourth-order valence-electron chi connectivity index (χ4n) is 4.99. The molecule has 2 aliphatic heterocycles. The van der Waals surface area contributed by atoms with Gasteiger partial charge in [-0.1, -0.05) is 11.3 Å². The van der Waals surface area contributed by atoms with E-state index in [1.54, 1.807) is 17.5 Å². The third-order valence-corrected chi connectivity index (χ3v) is 7.88. The van der Waals surface area contributed by atoms with Crippen molar-refractivity contribution in [2.24, 2.45) is 0 Å². The van der Waals surface area contributed by atoms with Gasteiger partial charge in [-0.15, -0.1) is 10.2 Å². The number of nitrogens with one attached hydrogen (secondary N) is 2. The van der Waals surface area contributed by atoms with E-state index >= 15 is 0 Å². The lowest BCUT2D eigenvalue weighted by atomic mass is 10.2. The Morgan fingerprint density at radius 1 is 1.06 bits per heavy atom. The van der Waals surface area contributed by atoms with Gasteiger partial charge in [0.2, 0.25) is 5.13 Å². The molecule has 0 amide bonds. The van der Waals surface area contributed by atoms with Gasteiger partial charge in [-0.05, 0) is 49.9 Å². The molecule has 1 saturated carbocycles. The molecule has 2 atom stereocenters. The first-order chi connectivity index (χ1) is 16.7. The van der Waals surface area contributed by atoms with Crippen LogP contribution in [0.2, 0.25) is 0 Å². The normalized spacial score (nSPS) is 21.7. The van der Waals surface area contributed by atoms with Gasteiger partial charge in [0.25, 0.3) is 0 Å². The molecular formula is C24H23N9S. The van der Waals surface area contributed by atoms with Crippen LogP contribution in [0.25, 0.3) is 27.5 Å². The van der Waals surface area contributed by atoms with Gasteiger partial charge in [-0.2, -0.15) is 10.4 Å². The van der Waals surface area contributed by atoms with E-state index in [1.165, 1.54) is 25.7 Å². The molecular weight excluding hydrogens is 446 g/mol. The highest BCUT2D eigenvalue weighted by Crippen LogP contribution is 2.38. The minimum absolute atomic E-state index is 0.491. The molecule has 3 fully saturated rings. The van der Waals surface area contributed by atoms with E-state index in [1.807, 2.05) is 28.9 Å². The van der Waals surface area contributed by atoms with Crippen molar-refractivity contribution < 1.29 is 0 Å². The van der Waals surface area contributed by atoms with Crippen molar-refractivity contribution in [2.75, 3.05) is 23.3 Å². The number of rotatable bonds is 5. The number of anilines is 2. The monoisotopic (exact) mass is 469 g/mol. The molecule has 2 N–H and O–H groups in total. The van der Waals surface area contributed by atoms with E-state index in [4.69, 9.17) is 10.2 Å². The predicted octanol–water partition coefficient (Wildman–Crippen LogP) is 3.30. The van der Waals surface area contributed by atoms with E-state index in [9.17, 15) is 0 Å². The molecule has 4 aromatic rings. The molecule has 3 aliphatic rings. The molecule has 1 aliphatic carbocycles. The molecule has 170 valence electrons. The predicted molar refractivity (Wildman–Crippen MR) is 131 cm³/mol. The number of aromatic nitrogens is 5. The van der Waals surface area contributed by atoms with E-state index in [-0.39, 0.29) is 0 Å². The minimum Gasteiger partial charge on any atom is -0.382 e. The highest BCUT2D eigenvalue weighted by molar-refractivity contribution is 7.18. The Bertz CT molecular complexity index is 1420. The second kappa shape index (κ2) is 7.75. The van der Waals surface area contributed by atoms with Crippen LogP contribution in [0.3, 0.4) is 0 Å². The summed E-state index contributed by atoms with van der Waals surface area (Å²) in [6, 6.07) is 11.6. The summed E-state index contributed by atoms with van der Waals surface area (Å²) in [5.74, 6) is 0. The van der Waals surface area contributed by atoms with Gasteiger partial charge in [0, 0.05) is 43.1 Å². The lowest BCUT2D eigenvalue weighted by Gasteiger charge is -2.32. The van der Waals surface area contributed by atoms with Gasteiger partial charge in [0.15, 0.2) is 5.01 Å². The fourth-order valence-corrected chi connectivity index (χ4v) is 5.88. The Morgan fingerprint density at radius 3 is 2.71 bits per heavy atom. The number of hydrogen-bond acceptors (Lipinski definition) is 9. The van der Waals surface area contributed by atoms with E-state index in [0.717, 1.165) is 51.4 Å². The molecule has 10 heteroatoms. The van der Waals surface area contributed by atoms with Crippen molar-refractivity contribution in [3.8, 4) is 28.0 Å². The maximum Gasteiger partial charge on any atom is 0.208 e. The summed E-state index contributed by atoms with van der Waals surface area (Å²) in [5.41, 5.74) is 5.14. The first-order valence-corrected chi connectivity index (χ1v) is 12.5. The molecule has 0 radical (unpaired) electrons. The first-order valence-electron chi connectivity index (χ1n) is 11.7. The highest BCUT2D eigenvalue weighted by atomic mass is 32.1. The molecule has 7 rings (SSSR count). The quantitative estimate of drug-likeness (QED) is 0.459. The zero-order valence-corrected chi connectivity index (χ0v) is 19.3. The molecule has 4 aromatic heterocycles. The summed E-state index contributed by atoms with van der Waals surface area (Å²) in [6.07, 6.45) is 8.32. The van der Waals surface area contributed by atoms with Gasteiger partial charge in [-0.25, -0.2) is 4.52 Å². The Morgan fingerprint density at radius 2 is 1.91 bits per heavy atom. The molecule has 34 heavy (non-hydrogen) atoms. The Balaban J connectivity index is 1.24. The Hall–Kier alpha value is -3.55. The van der Waals surface area contributed by atoms with E-state index < -0.39 is 0 Å². The molecule has 2 saturated heterocycles. The van der Waals surface area contributed by atoms with Crippen LogP contribution >= 0.6 is 11.3 Å². The Kier molecular flexibility index (Phi) is 4.53. The first kappa shape index (κ1) is 19.9. The zero-order valence-electron chi connectivity index (χ0n) is 18.5.